The summed E-state index contributed by atoms with van der Waals surface area (Å²) < 4.78 is 5.66. The van der Waals surface area contributed by atoms with E-state index >= 15 is 0 Å². The van der Waals surface area contributed by atoms with Crippen molar-refractivity contribution in [3.63, 3.8) is 0 Å². The summed E-state index contributed by atoms with van der Waals surface area (Å²) in [5.74, 6) is 0.499. The maximum atomic E-state index is 14.3. The van der Waals surface area contributed by atoms with Crippen LogP contribution in [-0.4, -0.2) is 37.4 Å². The molecule has 1 saturated heterocycles. The van der Waals surface area contributed by atoms with Gasteiger partial charge >= 0.3 is 0 Å². The van der Waals surface area contributed by atoms with Gasteiger partial charge in [-0.25, -0.2) is 0 Å². The molecular formula is C33H49NO3S. The number of Topliss-reactive ketones (excluding diaryl/α,β-unsaturated/α-hetero) is 2. The van der Waals surface area contributed by atoms with E-state index in [1.165, 1.54) is 15.5 Å². The predicted molar refractivity (Wildman–Crippen MR) is 162 cm³/mol. The number of rotatable bonds is 11. The van der Waals surface area contributed by atoms with Gasteiger partial charge < -0.3 is 9.64 Å². The van der Waals surface area contributed by atoms with E-state index < -0.39 is 0 Å². The van der Waals surface area contributed by atoms with Gasteiger partial charge in [0.05, 0.1) is 5.00 Å². The first-order chi connectivity index (χ1) is 18.2. The van der Waals surface area contributed by atoms with Crippen molar-refractivity contribution in [2.75, 3.05) is 24.7 Å². The Labute approximate surface area is 235 Å². The molecule has 0 N–H and O–H groups in total. The summed E-state index contributed by atoms with van der Waals surface area (Å²) in [5.41, 5.74) is 5.32. The SMILES string of the molecule is CC=CC(C)=C(CC(C)C(=O)c1c(C2CCC=C(C)CC2)sc(N(CC)C2CCOCC2)c1C)C(=O)CC. The van der Waals surface area contributed by atoms with Crippen molar-refractivity contribution in [2.24, 2.45) is 5.92 Å². The highest BCUT2D eigenvalue weighted by molar-refractivity contribution is 7.16. The van der Waals surface area contributed by atoms with Crippen molar-refractivity contribution in [1.82, 2.24) is 0 Å². The summed E-state index contributed by atoms with van der Waals surface area (Å²) in [7, 11) is 0. The van der Waals surface area contributed by atoms with Gasteiger partial charge in [0, 0.05) is 48.6 Å². The van der Waals surface area contributed by atoms with Gasteiger partial charge in [-0.05, 0) is 102 Å². The molecular weight excluding hydrogens is 490 g/mol. The van der Waals surface area contributed by atoms with Crippen molar-refractivity contribution in [3.05, 3.63) is 51.0 Å². The van der Waals surface area contributed by atoms with Crippen LogP contribution in [0.5, 0.6) is 0 Å². The number of carbonyl (C=O) groups excluding carboxylic acids is 2. The Hall–Kier alpha value is -1.98. The molecule has 0 amide bonds. The molecule has 1 aromatic rings. The van der Waals surface area contributed by atoms with E-state index in [1.54, 1.807) is 0 Å². The molecule has 0 saturated carbocycles. The van der Waals surface area contributed by atoms with Crippen LogP contribution in [0.2, 0.25) is 0 Å². The van der Waals surface area contributed by atoms with Crippen LogP contribution < -0.4 is 4.90 Å². The summed E-state index contributed by atoms with van der Waals surface area (Å²) in [4.78, 5) is 31.0. The smallest absolute Gasteiger partial charge is 0.167 e. The van der Waals surface area contributed by atoms with Crippen LogP contribution in [0.15, 0.2) is 34.9 Å². The molecule has 38 heavy (non-hydrogen) atoms. The lowest BCUT2D eigenvalue weighted by Crippen LogP contribution is -2.39. The second kappa shape index (κ2) is 14.4. The molecule has 1 aromatic heterocycles. The van der Waals surface area contributed by atoms with Crippen molar-refractivity contribution in [3.8, 4) is 0 Å². The van der Waals surface area contributed by atoms with E-state index in [-0.39, 0.29) is 17.5 Å². The number of carbonyl (C=O) groups is 2. The average molecular weight is 540 g/mol. The first-order valence-corrected chi connectivity index (χ1v) is 15.6. The van der Waals surface area contributed by atoms with Crippen LogP contribution in [-0.2, 0) is 9.53 Å². The highest BCUT2D eigenvalue weighted by Crippen LogP contribution is 2.46. The minimum absolute atomic E-state index is 0.144. The molecule has 0 spiro atoms. The molecule has 2 unspecified atom stereocenters. The monoisotopic (exact) mass is 539 g/mol. The number of ether oxygens (including phenoxy) is 1. The Kier molecular flexibility index (Phi) is 11.6. The third kappa shape index (κ3) is 7.15. The van der Waals surface area contributed by atoms with Gasteiger partial charge in [0.25, 0.3) is 0 Å². The third-order valence-electron chi connectivity index (χ3n) is 8.40. The van der Waals surface area contributed by atoms with Crippen LogP contribution >= 0.6 is 11.3 Å². The fraction of sp³-hybridized carbons (Fsp3) is 0.636. The molecule has 0 bridgehead atoms. The number of ketones is 2. The lowest BCUT2D eigenvalue weighted by atomic mass is 9.85. The van der Waals surface area contributed by atoms with E-state index in [9.17, 15) is 9.59 Å². The topological polar surface area (TPSA) is 46.6 Å². The summed E-state index contributed by atoms with van der Waals surface area (Å²) in [6.07, 6.45) is 13.7. The number of hydrogen-bond donors (Lipinski definition) is 0. The third-order valence-corrected chi connectivity index (χ3v) is 9.89. The van der Waals surface area contributed by atoms with Crippen LogP contribution in [0.1, 0.15) is 120 Å². The number of allylic oxidation sites excluding steroid dienone is 6. The summed E-state index contributed by atoms with van der Waals surface area (Å²) in [6.45, 7) is 17.1. The number of nitrogens with zero attached hydrogens (tertiary/aromatic N) is 1. The molecule has 3 rings (SSSR count). The minimum Gasteiger partial charge on any atom is -0.381 e. The van der Waals surface area contributed by atoms with E-state index in [0.29, 0.717) is 24.8 Å². The maximum absolute atomic E-state index is 14.3. The van der Waals surface area contributed by atoms with Gasteiger partial charge in [-0.1, -0.05) is 37.6 Å². The summed E-state index contributed by atoms with van der Waals surface area (Å²) in [5, 5.41) is 1.27. The van der Waals surface area contributed by atoms with Crippen molar-refractivity contribution in [1.29, 1.82) is 0 Å². The van der Waals surface area contributed by atoms with Crippen LogP contribution in [0.25, 0.3) is 0 Å². The molecule has 2 atom stereocenters. The van der Waals surface area contributed by atoms with Crippen LogP contribution in [0.4, 0.5) is 5.00 Å². The van der Waals surface area contributed by atoms with Gasteiger partial charge in [-0.3, -0.25) is 9.59 Å². The van der Waals surface area contributed by atoms with Crippen LogP contribution in [0.3, 0.4) is 0 Å². The highest BCUT2D eigenvalue weighted by atomic mass is 32.1. The zero-order chi connectivity index (χ0) is 27.8. The molecule has 2 aliphatic rings. The zero-order valence-electron chi connectivity index (χ0n) is 24.8. The lowest BCUT2D eigenvalue weighted by molar-refractivity contribution is -0.115. The Morgan fingerprint density at radius 3 is 2.50 bits per heavy atom. The molecule has 5 heteroatoms. The average Bonchev–Trinajstić information content (AvgIpc) is 3.09. The first kappa shape index (κ1) is 30.6. The van der Waals surface area contributed by atoms with Crippen molar-refractivity contribution in [2.45, 2.75) is 112 Å². The van der Waals surface area contributed by atoms with Crippen molar-refractivity contribution < 1.29 is 14.3 Å². The predicted octanol–water partition coefficient (Wildman–Crippen LogP) is 8.75. The Balaban J connectivity index is 2.03. The van der Waals surface area contributed by atoms with E-state index in [4.69, 9.17) is 4.74 Å². The standard InChI is InChI=1S/C33H49NO3S/c1-8-12-23(5)28(29(35)9-2)21-24(6)31(36)30-25(7)33(34(10-3)27-17-19-37-20-18-27)38-32(30)26-14-11-13-22(4)15-16-26/h8,12-13,24,26-27H,9-11,14-21H2,1-7H3. The normalized spacial score (nSPS) is 20.6. The highest BCUT2D eigenvalue weighted by Gasteiger charge is 2.33. The Morgan fingerprint density at radius 2 is 1.87 bits per heavy atom. The van der Waals surface area contributed by atoms with E-state index in [1.807, 2.05) is 51.2 Å². The van der Waals surface area contributed by atoms with E-state index in [2.05, 4.69) is 31.7 Å². The van der Waals surface area contributed by atoms with Crippen LogP contribution in [0, 0.1) is 12.8 Å². The lowest BCUT2D eigenvalue weighted by Gasteiger charge is -2.35. The summed E-state index contributed by atoms with van der Waals surface area (Å²) in [6, 6.07) is 0.456. The molecule has 4 nitrogen and oxygen atoms in total. The second-order valence-corrected chi connectivity index (χ2v) is 12.2. The van der Waals surface area contributed by atoms with Gasteiger partial charge in [0.15, 0.2) is 11.6 Å². The van der Waals surface area contributed by atoms with Gasteiger partial charge in [-0.15, -0.1) is 11.3 Å². The Morgan fingerprint density at radius 1 is 1.16 bits per heavy atom. The fourth-order valence-corrected chi connectivity index (χ4v) is 7.72. The van der Waals surface area contributed by atoms with Gasteiger partial charge in [0.1, 0.15) is 0 Å². The number of anilines is 1. The van der Waals surface area contributed by atoms with E-state index in [0.717, 1.165) is 80.6 Å². The molecule has 1 aliphatic heterocycles. The quantitative estimate of drug-likeness (QED) is 0.122. The number of thiophene rings is 1. The largest absolute Gasteiger partial charge is 0.381 e. The zero-order valence-corrected chi connectivity index (χ0v) is 25.6. The van der Waals surface area contributed by atoms with Gasteiger partial charge in [-0.2, -0.15) is 0 Å². The summed E-state index contributed by atoms with van der Waals surface area (Å²) >= 11 is 1.87. The number of hydrogen-bond acceptors (Lipinski definition) is 5. The molecule has 1 fully saturated rings. The fourth-order valence-electron chi connectivity index (χ4n) is 6.10. The van der Waals surface area contributed by atoms with Crippen molar-refractivity contribution >= 4 is 27.9 Å². The molecule has 1 aliphatic carbocycles. The molecule has 2 heterocycles. The minimum atomic E-state index is -0.246. The first-order valence-electron chi connectivity index (χ1n) is 14.8. The van der Waals surface area contributed by atoms with Gasteiger partial charge in [0.2, 0.25) is 0 Å². The second-order valence-electron chi connectivity index (χ2n) is 11.2. The molecule has 0 radical (unpaired) electrons. The molecule has 0 aromatic carbocycles. The Bertz CT molecular complexity index is 1070. The molecule has 210 valence electrons. The maximum Gasteiger partial charge on any atom is 0.167 e.